The standard InChI is InChI=1S/C24H16N4/c1-2-7-18(8-3-1)24-27-21-10-5-4-9-20(21)22(28-24)17-11-13-19(14-12-17)23-25-15-6-16-26-23/h1-16H. The highest BCUT2D eigenvalue weighted by Crippen LogP contribution is 2.30. The number of fused-ring (bicyclic) bond motifs is 1. The molecule has 5 aromatic rings. The number of hydrogen-bond donors (Lipinski definition) is 0. The van der Waals surface area contributed by atoms with Crippen molar-refractivity contribution in [2.24, 2.45) is 0 Å². The predicted octanol–water partition coefficient (Wildman–Crippen LogP) is 5.42. The van der Waals surface area contributed by atoms with E-state index in [1.54, 1.807) is 12.4 Å². The largest absolute Gasteiger partial charge is 0.237 e. The molecule has 132 valence electrons. The lowest BCUT2D eigenvalue weighted by molar-refractivity contribution is 1.18. The maximum absolute atomic E-state index is 4.90. The van der Waals surface area contributed by atoms with E-state index in [0.29, 0.717) is 5.82 Å². The molecule has 0 amide bonds. The Labute approximate surface area is 162 Å². The summed E-state index contributed by atoms with van der Waals surface area (Å²) in [5.41, 5.74) is 4.87. The first-order chi connectivity index (χ1) is 13.9. The van der Waals surface area contributed by atoms with E-state index >= 15 is 0 Å². The van der Waals surface area contributed by atoms with Gasteiger partial charge in [0.05, 0.1) is 11.2 Å². The van der Waals surface area contributed by atoms with Crippen molar-refractivity contribution >= 4 is 10.9 Å². The molecule has 0 spiro atoms. The van der Waals surface area contributed by atoms with Gasteiger partial charge in [0.15, 0.2) is 11.6 Å². The molecule has 0 fully saturated rings. The fourth-order valence-corrected chi connectivity index (χ4v) is 3.24. The second-order valence-corrected chi connectivity index (χ2v) is 6.43. The quantitative estimate of drug-likeness (QED) is 0.431. The fourth-order valence-electron chi connectivity index (χ4n) is 3.24. The molecular weight excluding hydrogens is 344 g/mol. The third kappa shape index (κ3) is 3.01. The van der Waals surface area contributed by atoms with Crippen LogP contribution in [-0.4, -0.2) is 19.9 Å². The van der Waals surface area contributed by atoms with E-state index < -0.39 is 0 Å². The lowest BCUT2D eigenvalue weighted by atomic mass is 10.0. The van der Waals surface area contributed by atoms with Crippen LogP contribution in [0.1, 0.15) is 0 Å². The zero-order chi connectivity index (χ0) is 18.8. The zero-order valence-electron chi connectivity index (χ0n) is 15.0. The Bertz CT molecular complexity index is 1230. The zero-order valence-corrected chi connectivity index (χ0v) is 15.0. The number of para-hydroxylation sites is 1. The highest BCUT2D eigenvalue weighted by atomic mass is 14.9. The monoisotopic (exact) mass is 360 g/mol. The first-order valence-corrected chi connectivity index (χ1v) is 9.08. The van der Waals surface area contributed by atoms with E-state index in [9.17, 15) is 0 Å². The van der Waals surface area contributed by atoms with E-state index in [0.717, 1.165) is 39.1 Å². The molecule has 4 nitrogen and oxygen atoms in total. The molecule has 5 rings (SSSR count). The van der Waals surface area contributed by atoms with E-state index in [-0.39, 0.29) is 0 Å². The summed E-state index contributed by atoms with van der Waals surface area (Å²) >= 11 is 0. The minimum Gasteiger partial charge on any atom is -0.237 e. The molecule has 0 aliphatic carbocycles. The Morgan fingerprint density at radius 1 is 0.464 bits per heavy atom. The van der Waals surface area contributed by atoms with Gasteiger partial charge in [0.2, 0.25) is 0 Å². The third-order valence-electron chi connectivity index (χ3n) is 4.62. The molecule has 0 saturated carbocycles. The fraction of sp³-hybridized carbons (Fsp3) is 0. The summed E-state index contributed by atoms with van der Waals surface area (Å²) in [6.45, 7) is 0. The van der Waals surface area contributed by atoms with Crippen molar-refractivity contribution in [3.05, 3.63) is 97.3 Å². The number of benzene rings is 3. The van der Waals surface area contributed by atoms with Gasteiger partial charge in [-0.15, -0.1) is 0 Å². The molecule has 0 radical (unpaired) electrons. The van der Waals surface area contributed by atoms with Crippen molar-refractivity contribution in [2.75, 3.05) is 0 Å². The lowest BCUT2D eigenvalue weighted by Gasteiger charge is -2.10. The second kappa shape index (κ2) is 7.00. The average Bonchev–Trinajstić information content (AvgIpc) is 2.80. The van der Waals surface area contributed by atoms with Crippen molar-refractivity contribution in [1.82, 2.24) is 19.9 Å². The molecule has 0 unspecified atom stereocenters. The van der Waals surface area contributed by atoms with Gasteiger partial charge in [-0.25, -0.2) is 19.9 Å². The Hall–Kier alpha value is -3.92. The smallest absolute Gasteiger partial charge is 0.160 e. The summed E-state index contributed by atoms with van der Waals surface area (Å²) in [7, 11) is 0. The normalized spacial score (nSPS) is 10.9. The lowest BCUT2D eigenvalue weighted by Crippen LogP contribution is -1.95. The molecule has 0 saturated heterocycles. The molecule has 2 aromatic heterocycles. The van der Waals surface area contributed by atoms with E-state index in [1.165, 1.54) is 0 Å². The van der Waals surface area contributed by atoms with Gasteiger partial charge in [0, 0.05) is 34.5 Å². The Kier molecular flexibility index (Phi) is 4.07. The van der Waals surface area contributed by atoms with E-state index in [1.807, 2.05) is 66.7 Å². The van der Waals surface area contributed by atoms with Gasteiger partial charge < -0.3 is 0 Å². The van der Waals surface area contributed by atoms with Gasteiger partial charge in [-0.3, -0.25) is 0 Å². The summed E-state index contributed by atoms with van der Waals surface area (Å²) in [6.07, 6.45) is 3.50. The molecule has 0 atom stereocenters. The van der Waals surface area contributed by atoms with Crippen molar-refractivity contribution in [1.29, 1.82) is 0 Å². The van der Waals surface area contributed by atoms with Gasteiger partial charge >= 0.3 is 0 Å². The molecule has 0 aliphatic heterocycles. The number of nitrogens with zero attached hydrogens (tertiary/aromatic N) is 4. The van der Waals surface area contributed by atoms with E-state index in [2.05, 4.69) is 28.2 Å². The topological polar surface area (TPSA) is 51.6 Å². The Morgan fingerprint density at radius 3 is 1.89 bits per heavy atom. The summed E-state index contributed by atoms with van der Waals surface area (Å²) in [6, 6.07) is 28.2. The first-order valence-electron chi connectivity index (χ1n) is 9.08. The van der Waals surface area contributed by atoms with Gasteiger partial charge in [0.1, 0.15) is 0 Å². The predicted molar refractivity (Wildman–Crippen MR) is 111 cm³/mol. The third-order valence-corrected chi connectivity index (χ3v) is 4.62. The molecule has 4 heteroatoms. The highest BCUT2D eigenvalue weighted by molar-refractivity contribution is 5.93. The second-order valence-electron chi connectivity index (χ2n) is 6.43. The number of aromatic nitrogens is 4. The maximum Gasteiger partial charge on any atom is 0.160 e. The average molecular weight is 360 g/mol. The summed E-state index contributed by atoms with van der Waals surface area (Å²) in [5.74, 6) is 1.44. The molecule has 0 bridgehead atoms. The van der Waals surface area contributed by atoms with Crippen LogP contribution in [0.4, 0.5) is 0 Å². The molecule has 28 heavy (non-hydrogen) atoms. The maximum atomic E-state index is 4.90. The molecule has 0 aliphatic rings. The summed E-state index contributed by atoms with van der Waals surface area (Å²) in [4.78, 5) is 18.3. The van der Waals surface area contributed by atoms with Crippen LogP contribution in [0.25, 0.3) is 44.9 Å². The van der Waals surface area contributed by atoms with Crippen LogP contribution < -0.4 is 0 Å². The minimum atomic E-state index is 0.714. The van der Waals surface area contributed by atoms with Crippen molar-refractivity contribution < 1.29 is 0 Å². The SMILES string of the molecule is c1ccc(-c2nc(-c3ccc(-c4ncccn4)cc3)c3ccccc3n2)cc1. The Balaban J connectivity index is 1.66. The van der Waals surface area contributed by atoms with Crippen LogP contribution in [0.3, 0.4) is 0 Å². The molecular formula is C24H16N4. The molecule has 0 N–H and O–H groups in total. The first kappa shape index (κ1) is 16.3. The van der Waals surface area contributed by atoms with Gasteiger partial charge in [-0.1, -0.05) is 72.8 Å². The molecule has 3 aromatic carbocycles. The van der Waals surface area contributed by atoms with Crippen LogP contribution in [0.5, 0.6) is 0 Å². The van der Waals surface area contributed by atoms with Crippen LogP contribution in [-0.2, 0) is 0 Å². The van der Waals surface area contributed by atoms with E-state index in [4.69, 9.17) is 9.97 Å². The van der Waals surface area contributed by atoms with Crippen LogP contribution >= 0.6 is 0 Å². The van der Waals surface area contributed by atoms with Gasteiger partial charge in [-0.2, -0.15) is 0 Å². The highest BCUT2D eigenvalue weighted by Gasteiger charge is 2.11. The van der Waals surface area contributed by atoms with Crippen molar-refractivity contribution in [3.8, 4) is 34.0 Å². The Morgan fingerprint density at radius 2 is 1.11 bits per heavy atom. The van der Waals surface area contributed by atoms with Crippen LogP contribution in [0.2, 0.25) is 0 Å². The van der Waals surface area contributed by atoms with Gasteiger partial charge in [-0.05, 0) is 12.1 Å². The minimum absolute atomic E-state index is 0.714. The van der Waals surface area contributed by atoms with Crippen LogP contribution in [0, 0.1) is 0 Å². The summed E-state index contributed by atoms with van der Waals surface area (Å²) < 4.78 is 0. The number of hydrogen-bond acceptors (Lipinski definition) is 4. The molecule has 2 heterocycles. The summed E-state index contributed by atoms with van der Waals surface area (Å²) in [5, 5.41) is 1.03. The van der Waals surface area contributed by atoms with Gasteiger partial charge in [0.25, 0.3) is 0 Å². The van der Waals surface area contributed by atoms with Crippen LogP contribution in [0.15, 0.2) is 97.3 Å². The van der Waals surface area contributed by atoms with Crippen molar-refractivity contribution in [3.63, 3.8) is 0 Å². The number of rotatable bonds is 3. The van der Waals surface area contributed by atoms with Crippen molar-refractivity contribution in [2.45, 2.75) is 0 Å².